The van der Waals surface area contributed by atoms with Crippen molar-refractivity contribution in [3.63, 3.8) is 0 Å². The Kier molecular flexibility index (Phi) is 1.89. The first-order chi connectivity index (χ1) is 5.00. The molecule has 0 atom stereocenters. The van der Waals surface area contributed by atoms with Crippen LogP contribution in [0, 0.1) is 0 Å². The maximum atomic E-state index is 11.9. The summed E-state index contributed by atoms with van der Waals surface area (Å²) in [5, 5.41) is 2.66. The molecule has 0 radical (unpaired) electrons. The lowest BCUT2D eigenvalue weighted by Crippen LogP contribution is -2.28. The van der Waals surface area contributed by atoms with E-state index in [0.717, 1.165) is 6.08 Å². The van der Waals surface area contributed by atoms with Crippen LogP contribution in [0.4, 0.5) is 13.2 Å². The van der Waals surface area contributed by atoms with Crippen LogP contribution in [0.5, 0.6) is 0 Å². The zero-order chi connectivity index (χ0) is 8.48. The largest absolute Gasteiger partial charge is 0.433 e. The van der Waals surface area contributed by atoms with Crippen LogP contribution in [0.15, 0.2) is 16.8 Å². The van der Waals surface area contributed by atoms with E-state index in [2.05, 4.69) is 10.3 Å². The number of halogens is 3. The molecule has 0 aromatic rings. The van der Waals surface area contributed by atoms with E-state index in [1.165, 1.54) is 0 Å². The Morgan fingerprint density at radius 1 is 1.55 bits per heavy atom. The molecular weight excluding hydrogens is 157 g/mol. The highest BCUT2D eigenvalue weighted by Crippen LogP contribution is 2.19. The predicted molar refractivity (Wildman–Crippen MR) is 35.2 cm³/mol. The van der Waals surface area contributed by atoms with Crippen molar-refractivity contribution >= 4 is 5.71 Å². The average Bonchev–Trinajstić information content (AvgIpc) is 1.86. The maximum absolute atomic E-state index is 11.9. The lowest BCUT2D eigenvalue weighted by Gasteiger charge is -2.13. The molecule has 0 saturated heterocycles. The van der Waals surface area contributed by atoms with Gasteiger partial charge in [0.2, 0.25) is 0 Å². The minimum atomic E-state index is -4.32. The van der Waals surface area contributed by atoms with E-state index in [0.29, 0.717) is 5.70 Å². The van der Waals surface area contributed by atoms with Gasteiger partial charge in [0.15, 0.2) is 0 Å². The third kappa shape index (κ3) is 1.96. The van der Waals surface area contributed by atoms with Crippen LogP contribution < -0.4 is 5.32 Å². The van der Waals surface area contributed by atoms with Gasteiger partial charge >= 0.3 is 6.18 Å². The molecule has 2 nitrogen and oxygen atoms in total. The van der Waals surface area contributed by atoms with Crippen molar-refractivity contribution in [2.45, 2.75) is 13.1 Å². The molecule has 0 unspecified atom stereocenters. The smallest absolute Gasteiger partial charge is 0.370 e. The third-order valence-electron chi connectivity index (χ3n) is 1.25. The number of aliphatic imine (C=N–C) groups is 1. The summed E-state index contributed by atoms with van der Waals surface area (Å²) < 4.78 is 35.7. The first-order valence-electron chi connectivity index (χ1n) is 3.04. The van der Waals surface area contributed by atoms with Gasteiger partial charge in [0.25, 0.3) is 0 Å². The first kappa shape index (κ1) is 8.10. The molecule has 5 heteroatoms. The molecule has 1 aliphatic rings. The van der Waals surface area contributed by atoms with Crippen molar-refractivity contribution in [3.05, 3.63) is 11.8 Å². The molecule has 1 rings (SSSR count). The zero-order valence-electron chi connectivity index (χ0n) is 5.87. The second kappa shape index (κ2) is 2.56. The van der Waals surface area contributed by atoms with Gasteiger partial charge in [-0.25, -0.2) is 0 Å². The van der Waals surface area contributed by atoms with Gasteiger partial charge in [-0.15, -0.1) is 0 Å². The Bertz CT molecular complexity index is 214. The molecule has 11 heavy (non-hydrogen) atoms. The average molecular weight is 164 g/mol. The van der Waals surface area contributed by atoms with Gasteiger partial charge in [-0.3, -0.25) is 4.99 Å². The summed E-state index contributed by atoms with van der Waals surface area (Å²) in [6.07, 6.45) is -3.33. The minimum absolute atomic E-state index is 0.0111. The molecule has 0 fully saturated rings. The lowest BCUT2D eigenvalue weighted by atomic mass is 10.2. The fourth-order valence-corrected chi connectivity index (χ4v) is 0.723. The van der Waals surface area contributed by atoms with Crippen molar-refractivity contribution in [2.75, 3.05) is 6.67 Å². The number of nitrogens with one attached hydrogen (secondary N) is 1. The highest BCUT2D eigenvalue weighted by Gasteiger charge is 2.34. The molecule has 1 N–H and O–H groups in total. The molecule has 0 bridgehead atoms. The quantitative estimate of drug-likeness (QED) is 0.575. The summed E-state index contributed by atoms with van der Waals surface area (Å²) in [5.74, 6) is 0. The topological polar surface area (TPSA) is 24.4 Å². The predicted octanol–water partition coefficient (Wildman–Crippen LogP) is 1.45. The molecule has 1 heterocycles. The highest BCUT2D eigenvalue weighted by molar-refractivity contribution is 6.00. The van der Waals surface area contributed by atoms with Crippen LogP contribution in [0.25, 0.3) is 0 Å². The van der Waals surface area contributed by atoms with Crippen molar-refractivity contribution in [1.82, 2.24) is 5.32 Å². The number of nitrogens with zero attached hydrogens (tertiary/aromatic N) is 1. The third-order valence-corrected chi connectivity index (χ3v) is 1.25. The molecule has 1 aliphatic heterocycles. The summed E-state index contributed by atoms with van der Waals surface area (Å²) in [7, 11) is 0. The second-order valence-electron chi connectivity index (χ2n) is 2.20. The Morgan fingerprint density at radius 3 is 2.55 bits per heavy atom. The Balaban J connectivity index is 2.82. The number of allylic oxidation sites excluding steroid dienone is 2. The van der Waals surface area contributed by atoms with Gasteiger partial charge in [-0.2, -0.15) is 13.2 Å². The lowest BCUT2D eigenvalue weighted by molar-refractivity contribution is -0.0581. The van der Waals surface area contributed by atoms with Crippen LogP contribution in [-0.2, 0) is 0 Å². The van der Waals surface area contributed by atoms with Crippen molar-refractivity contribution in [2.24, 2.45) is 4.99 Å². The van der Waals surface area contributed by atoms with E-state index in [4.69, 9.17) is 0 Å². The standard InChI is InChI=1S/C6H7F3N2/c1-4-2-5(6(7,8)9)11-3-10-4/h2,10H,3H2,1H3. The van der Waals surface area contributed by atoms with Crippen molar-refractivity contribution < 1.29 is 13.2 Å². The Hall–Kier alpha value is -1.00. The summed E-state index contributed by atoms with van der Waals surface area (Å²) in [6, 6.07) is 0. The molecule has 0 aromatic carbocycles. The van der Waals surface area contributed by atoms with Crippen LogP contribution in [0.1, 0.15) is 6.92 Å². The number of hydrogen-bond donors (Lipinski definition) is 1. The SMILES string of the molecule is CC1=CC(C(F)(F)F)=NCN1. The van der Waals surface area contributed by atoms with Crippen molar-refractivity contribution in [3.8, 4) is 0 Å². The minimum Gasteiger partial charge on any atom is -0.370 e. The highest BCUT2D eigenvalue weighted by atomic mass is 19.4. The molecule has 0 spiro atoms. The summed E-state index contributed by atoms with van der Waals surface area (Å²) >= 11 is 0. The van der Waals surface area contributed by atoms with Crippen LogP contribution in [0.2, 0.25) is 0 Å². The molecule has 0 amide bonds. The Labute approximate surface area is 61.8 Å². The Morgan fingerprint density at radius 2 is 2.18 bits per heavy atom. The number of hydrogen-bond acceptors (Lipinski definition) is 2. The van der Waals surface area contributed by atoms with Gasteiger partial charge in [-0.1, -0.05) is 0 Å². The summed E-state index contributed by atoms with van der Waals surface area (Å²) in [4.78, 5) is 3.26. The van der Waals surface area contributed by atoms with E-state index in [9.17, 15) is 13.2 Å². The molecule has 0 aromatic heterocycles. The fraction of sp³-hybridized carbons (Fsp3) is 0.500. The molecule has 62 valence electrons. The van der Waals surface area contributed by atoms with E-state index in [1.54, 1.807) is 6.92 Å². The maximum Gasteiger partial charge on any atom is 0.433 e. The molecule has 0 saturated carbocycles. The molecular formula is C6H7F3N2. The van der Waals surface area contributed by atoms with E-state index in [-0.39, 0.29) is 6.67 Å². The van der Waals surface area contributed by atoms with Crippen LogP contribution in [0.3, 0.4) is 0 Å². The van der Waals surface area contributed by atoms with E-state index >= 15 is 0 Å². The number of alkyl halides is 3. The fourth-order valence-electron chi connectivity index (χ4n) is 0.723. The number of rotatable bonds is 0. The van der Waals surface area contributed by atoms with E-state index < -0.39 is 11.9 Å². The van der Waals surface area contributed by atoms with Crippen LogP contribution >= 0.6 is 0 Å². The van der Waals surface area contributed by atoms with Crippen molar-refractivity contribution in [1.29, 1.82) is 0 Å². The summed E-state index contributed by atoms with van der Waals surface area (Å²) in [5.41, 5.74) is -0.318. The van der Waals surface area contributed by atoms with Gasteiger partial charge in [-0.05, 0) is 13.0 Å². The van der Waals surface area contributed by atoms with Gasteiger partial charge in [0, 0.05) is 5.70 Å². The monoisotopic (exact) mass is 164 g/mol. The first-order valence-corrected chi connectivity index (χ1v) is 3.04. The van der Waals surface area contributed by atoms with Gasteiger partial charge < -0.3 is 5.32 Å². The summed E-state index contributed by atoms with van der Waals surface area (Å²) in [6.45, 7) is 1.58. The second-order valence-corrected chi connectivity index (χ2v) is 2.20. The zero-order valence-corrected chi connectivity index (χ0v) is 5.87. The molecule has 0 aliphatic carbocycles. The van der Waals surface area contributed by atoms with Gasteiger partial charge in [0.05, 0.1) is 0 Å². The van der Waals surface area contributed by atoms with E-state index in [1.807, 2.05) is 0 Å². The normalized spacial score (nSPS) is 18.5. The van der Waals surface area contributed by atoms with Gasteiger partial charge in [0.1, 0.15) is 12.4 Å². The van der Waals surface area contributed by atoms with Crippen LogP contribution in [-0.4, -0.2) is 18.6 Å².